The van der Waals surface area contributed by atoms with Gasteiger partial charge in [-0.25, -0.2) is 9.59 Å². The lowest BCUT2D eigenvalue weighted by Crippen LogP contribution is -2.47. The fourth-order valence-electron chi connectivity index (χ4n) is 2.35. The minimum Gasteiger partial charge on any atom is -0.444 e. The van der Waals surface area contributed by atoms with Gasteiger partial charge in [-0.15, -0.1) is 0 Å². The van der Waals surface area contributed by atoms with Crippen LogP contribution in [0.25, 0.3) is 0 Å². The number of fused-ring (bicyclic) bond motifs is 1. The van der Waals surface area contributed by atoms with Crippen LogP contribution in [0, 0.1) is 0 Å². The van der Waals surface area contributed by atoms with Crippen molar-refractivity contribution in [2.24, 2.45) is 0 Å². The van der Waals surface area contributed by atoms with E-state index < -0.39 is 11.7 Å². The largest absolute Gasteiger partial charge is 0.444 e. The molecule has 6 nitrogen and oxygen atoms in total. The highest BCUT2D eigenvalue weighted by Crippen LogP contribution is 2.26. The van der Waals surface area contributed by atoms with E-state index in [1.807, 2.05) is 20.8 Å². The lowest BCUT2D eigenvalue weighted by atomic mass is 9.89. The van der Waals surface area contributed by atoms with Crippen LogP contribution >= 0.6 is 0 Å². The molecule has 2 aliphatic rings. The maximum absolute atomic E-state index is 11.6. The van der Waals surface area contributed by atoms with Crippen LogP contribution in [0.1, 0.15) is 40.0 Å². The molecular formula is C12H20N2O4. The van der Waals surface area contributed by atoms with Crippen molar-refractivity contribution >= 4 is 12.2 Å². The highest BCUT2D eigenvalue weighted by Gasteiger charge is 2.39. The smallest absolute Gasteiger partial charge is 0.407 e. The number of hydrogen-bond donors (Lipinski definition) is 2. The second kappa shape index (κ2) is 4.66. The lowest BCUT2D eigenvalue weighted by molar-refractivity contribution is 0.0453. The molecule has 102 valence electrons. The molecule has 0 aromatic carbocycles. The van der Waals surface area contributed by atoms with Crippen molar-refractivity contribution in [3.63, 3.8) is 0 Å². The minimum absolute atomic E-state index is 0.00815. The Bertz CT molecular complexity index is 350. The van der Waals surface area contributed by atoms with E-state index in [1.54, 1.807) is 0 Å². The van der Waals surface area contributed by atoms with Gasteiger partial charge in [-0.1, -0.05) is 0 Å². The third kappa shape index (κ3) is 3.27. The Morgan fingerprint density at radius 1 is 1.44 bits per heavy atom. The Balaban J connectivity index is 1.81. The molecule has 2 rings (SSSR count). The van der Waals surface area contributed by atoms with Crippen molar-refractivity contribution in [1.29, 1.82) is 0 Å². The topological polar surface area (TPSA) is 76.7 Å². The van der Waals surface area contributed by atoms with Gasteiger partial charge in [-0.05, 0) is 33.6 Å². The molecule has 1 aliphatic carbocycles. The Morgan fingerprint density at radius 2 is 2.17 bits per heavy atom. The SMILES string of the molecule is CC(C)(C)OC(=O)N[C@@H]1CC[C@H]2NC(=O)O[C@@H]2C1. The van der Waals surface area contributed by atoms with E-state index in [9.17, 15) is 9.59 Å². The number of ether oxygens (including phenoxy) is 2. The standard InChI is InChI=1S/C12H20N2O4/c1-12(2,3)18-11(16)13-7-4-5-8-9(6-7)17-10(15)14-8/h7-9H,4-6H2,1-3H3,(H,13,16)(H,14,15)/t7-,8-,9-/m1/s1. The van der Waals surface area contributed by atoms with Crippen molar-refractivity contribution in [2.75, 3.05) is 0 Å². The molecule has 18 heavy (non-hydrogen) atoms. The first kappa shape index (κ1) is 13.0. The first-order valence-corrected chi connectivity index (χ1v) is 6.30. The Morgan fingerprint density at radius 3 is 2.83 bits per heavy atom. The summed E-state index contributed by atoms with van der Waals surface area (Å²) in [6.45, 7) is 5.48. The molecular weight excluding hydrogens is 236 g/mol. The number of carbonyl (C=O) groups is 2. The first-order chi connectivity index (χ1) is 8.33. The maximum atomic E-state index is 11.6. The van der Waals surface area contributed by atoms with Gasteiger partial charge in [0.2, 0.25) is 0 Å². The molecule has 1 saturated carbocycles. The Labute approximate surface area is 106 Å². The molecule has 3 atom stereocenters. The van der Waals surface area contributed by atoms with Gasteiger partial charge in [0.05, 0.1) is 6.04 Å². The second-order valence-corrected chi connectivity index (χ2v) is 5.85. The average Bonchev–Trinajstić information content (AvgIpc) is 2.53. The monoisotopic (exact) mass is 256 g/mol. The van der Waals surface area contributed by atoms with Gasteiger partial charge < -0.3 is 20.1 Å². The predicted molar refractivity (Wildman–Crippen MR) is 64.2 cm³/mol. The average molecular weight is 256 g/mol. The molecule has 0 aromatic heterocycles. The van der Waals surface area contributed by atoms with Crippen LogP contribution in [0.15, 0.2) is 0 Å². The van der Waals surface area contributed by atoms with Crippen molar-refractivity contribution < 1.29 is 19.1 Å². The summed E-state index contributed by atoms with van der Waals surface area (Å²) in [6, 6.07) is 0.1000. The summed E-state index contributed by atoms with van der Waals surface area (Å²) < 4.78 is 10.3. The molecule has 0 bridgehead atoms. The van der Waals surface area contributed by atoms with Gasteiger partial charge in [0.15, 0.2) is 0 Å². The molecule has 2 fully saturated rings. The van der Waals surface area contributed by atoms with Crippen molar-refractivity contribution in [2.45, 2.75) is 63.8 Å². The van der Waals surface area contributed by atoms with Crippen LogP contribution in [0.2, 0.25) is 0 Å². The lowest BCUT2D eigenvalue weighted by Gasteiger charge is -2.30. The van der Waals surface area contributed by atoms with Gasteiger partial charge >= 0.3 is 12.2 Å². The molecule has 0 spiro atoms. The fraction of sp³-hybridized carbons (Fsp3) is 0.833. The second-order valence-electron chi connectivity index (χ2n) is 5.85. The van der Waals surface area contributed by atoms with Crippen LogP contribution in [0.3, 0.4) is 0 Å². The van der Waals surface area contributed by atoms with Gasteiger partial charge in [0.1, 0.15) is 11.7 Å². The minimum atomic E-state index is -0.497. The van der Waals surface area contributed by atoms with Crippen LogP contribution in [0.5, 0.6) is 0 Å². The zero-order valence-electron chi connectivity index (χ0n) is 11.0. The number of amides is 2. The van der Waals surface area contributed by atoms with E-state index >= 15 is 0 Å². The van der Waals surface area contributed by atoms with E-state index in [4.69, 9.17) is 9.47 Å². The molecule has 0 radical (unpaired) electrons. The number of hydrogen-bond acceptors (Lipinski definition) is 4. The van der Waals surface area contributed by atoms with Crippen LogP contribution in [0.4, 0.5) is 9.59 Å². The molecule has 1 aliphatic heterocycles. The molecule has 1 heterocycles. The summed E-state index contributed by atoms with van der Waals surface area (Å²) in [5.74, 6) is 0. The first-order valence-electron chi connectivity index (χ1n) is 6.30. The maximum Gasteiger partial charge on any atom is 0.407 e. The normalized spacial score (nSPS) is 31.1. The molecule has 2 N–H and O–H groups in total. The summed E-state index contributed by atoms with van der Waals surface area (Å²) in [7, 11) is 0. The zero-order chi connectivity index (χ0) is 13.3. The third-order valence-electron chi connectivity index (χ3n) is 3.07. The number of nitrogens with one attached hydrogen (secondary N) is 2. The highest BCUT2D eigenvalue weighted by atomic mass is 16.6. The van der Waals surface area contributed by atoms with Crippen LogP contribution in [-0.4, -0.2) is 36.0 Å². The highest BCUT2D eigenvalue weighted by molar-refractivity contribution is 5.70. The summed E-state index contributed by atoms with van der Waals surface area (Å²) in [5, 5.41) is 5.59. The summed E-state index contributed by atoms with van der Waals surface area (Å²) in [6.07, 6.45) is 1.38. The van der Waals surface area contributed by atoms with Gasteiger partial charge in [0.25, 0.3) is 0 Å². The number of alkyl carbamates (subject to hydrolysis) is 2. The van der Waals surface area contributed by atoms with E-state index in [2.05, 4.69) is 10.6 Å². The van der Waals surface area contributed by atoms with Crippen molar-refractivity contribution in [3.05, 3.63) is 0 Å². The van der Waals surface area contributed by atoms with Gasteiger partial charge in [-0.2, -0.15) is 0 Å². The van der Waals surface area contributed by atoms with Gasteiger partial charge in [0, 0.05) is 12.5 Å². The van der Waals surface area contributed by atoms with Crippen LogP contribution in [-0.2, 0) is 9.47 Å². The van der Waals surface area contributed by atoms with Gasteiger partial charge in [-0.3, -0.25) is 0 Å². The number of carbonyl (C=O) groups excluding carboxylic acids is 2. The van der Waals surface area contributed by atoms with E-state index in [1.165, 1.54) is 0 Å². The van der Waals surface area contributed by atoms with E-state index in [0.717, 1.165) is 12.8 Å². The molecule has 1 saturated heterocycles. The Hall–Kier alpha value is -1.46. The number of rotatable bonds is 1. The molecule has 0 aromatic rings. The van der Waals surface area contributed by atoms with Crippen molar-refractivity contribution in [3.8, 4) is 0 Å². The van der Waals surface area contributed by atoms with Crippen molar-refractivity contribution in [1.82, 2.24) is 10.6 Å². The third-order valence-corrected chi connectivity index (χ3v) is 3.07. The Kier molecular flexibility index (Phi) is 3.36. The predicted octanol–water partition coefficient (Wildman–Crippen LogP) is 1.54. The van der Waals surface area contributed by atoms with E-state index in [-0.39, 0.29) is 24.3 Å². The fourth-order valence-corrected chi connectivity index (χ4v) is 2.35. The zero-order valence-corrected chi connectivity index (χ0v) is 11.0. The summed E-state index contributed by atoms with van der Waals surface area (Å²) in [5.41, 5.74) is -0.497. The quantitative estimate of drug-likeness (QED) is 0.746. The summed E-state index contributed by atoms with van der Waals surface area (Å²) >= 11 is 0. The molecule has 2 amide bonds. The molecule has 6 heteroatoms. The van der Waals surface area contributed by atoms with E-state index in [0.29, 0.717) is 6.42 Å². The summed E-state index contributed by atoms with van der Waals surface area (Å²) in [4.78, 5) is 22.7. The molecule has 0 unspecified atom stereocenters. The van der Waals surface area contributed by atoms with Crippen LogP contribution < -0.4 is 10.6 Å².